The Morgan fingerprint density at radius 2 is 2.10 bits per heavy atom. The number of rotatable bonds is 5. The first-order chi connectivity index (χ1) is 13.9. The zero-order valence-corrected chi connectivity index (χ0v) is 17.6. The molecule has 1 saturated heterocycles. The van der Waals surface area contributed by atoms with Gasteiger partial charge in [0.15, 0.2) is 0 Å². The summed E-state index contributed by atoms with van der Waals surface area (Å²) in [5.74, 6) is 0.147. The largest absolute Gasteiger partial charge is 0.495 e. The highest BCUT2D eigenvalue weighted by atomic mass is 32.2. The van der Waals surface area contributed by atoms with Crippen LogP contribution < -0.4 is 10.1 Å². The highest BCUT2D eigenvalue weighted by Gasteiger charge is 2.40. The Kier molecular flexibility index (Phi) is 5.24. The van der Waals surface area contributed by atoms with E-state index in [1.165, 1.54) is 17.5 Å². The van der Waals surface area contributed by atoms with Crippen LogP contribution in [0.1, 0.15) is 18.4 Å². The van der Waals surface area contributed by atoms with Crippen LogP contribution in [0.15, 0.2) is 41.3 Å². The molecule has 1 N–H and O–H groups in total. The molecule has 0 unspecified atom stereocenters. The number of sulfonamides is 1. The van der Waals surface area contributed by atoms with Crippen molar-refractivity contribution in [3.8, 4) is 5.75 Å². The van der Waals surface area contributed by atoms with Crippen molar-refractivity contribution in [3.63, 3.8) is 0 Å². The molecular weight excluding hydrogens is 412 g/mol. The minimum absolute atomic E-state index is 0.0802. The fraction of sp³-hybridized carbons (Fsp3) is 0.316. The first-order valence-electron chi connectivity index (χ1n) is 9.10. The lowest BCUT2D eigenvalue weighted by atomic mass is 10.1. The summed E-state index contributed by atoms with van der Waals surface area (Å²) in [5, 5.41) is 2.83. The maximum absolute atomic E-state index is 13.3. The maximum Gasteiger partial charge on any atom is 0.246 e. The van der Waals surface area contributed by atoms with Crippen LogP contribution in [0.3, 0.4) is 0 Å². The number of fused-ring (bicyclic) bond motifs is 1. The Balaban J connectivity index is 1.65. The first-order valence-corrected chi connectivity index (χ1v) is 11.3. The molecular formula is C19H20N4O4S2. The summed E-state index contributed by atoms with van der Waals surface area (Å²) in [6, 6.07) is 9.51. The Bertz CT molecular complexity index is 1180. The standard InChI is InChI=1S/C19H20N4O4S2/c1-12-8-9-16(27-2)14(11-12)20-19(24)15-6-4-10-23(15)29(25,26)17-7-3-5-13-18(17)22-28-21-13/h3,5,7-9,11,15H,4,6,10H2,1-2H3,(H,20,24)/t15-/m1/s1. The number of benzene rings is 2. The second kappa shape index (κ2) is 7.69. The topological polar surface area (TPSA) is 101 Å². The molecule has 0 radical (unpaired) electrons. The molecule has 1 aromatic heterocycles. The predicted octanol–water partition coefficient (Wildman–Crippen LogP) is 2.80. The molecule has 10 heteroatoms. The molecule has 29 heavy (non-hydrogen) atoms. The van der Waals surface area contributed by atoms with Crippen LogP contribution in [0.25, 0.3) is 11.0 Å². The van der Waals surface area contributed by atoms with Crippen molar-refractivity contribution in [2.24, 2.45) is 0 Å². The fourth-order valence-electron chi connectivity index (χ4n) is 3.54. The summed E-state index contributed by atoms with van der Waals surface area (Å²) in [6.45, 7) is 2.18. The van der Waals surface area contributed by atoms with Gasteiger partial charge in [0.2, 0.25) is 15.9 Å². The van der Waals surface area contributed by atoms with Gasteiger partial charge in [-0.15, -0.1) is 0 Å². The molecule has 2 aromatic carbocycles. The molecule has 2 heterocycles. The third kappa shape index (κ3) is 3.59. The lowest BCUT2D eigenvalue weighted by molar-refractivity contribution is -0.119. The van der Waals surface area contributed by atoms with Crippen molar-refractivity contribution in [1.82, 2.24) is 13.1 Å². The Morgan fingerprint density at radius 1 is 1.28 bits per heavy atom. The molecule has 152 valence electrons. The summed E-state index contributed by atoms with van der Waals surface area (Å²) in [4.78, 5) is 13.1. The highest BCUT2D eigenvalue weighted by molar-refractivity contribution is 7.89. The van der Waals surface area contributed by atoms with Crippen LogP contribution in [0, 0.1) is 6.92 Å². The van der Waals surface area contributed by atoms with Crippen LogP contribution in [-0.4, -0.2) is 47.1 Å². The lowest BCUT2D eigenvalue weighted by Gasteiger charge is -2.24. The molecule has 1 fully saturated rings. The van der Waals surface area contributed by atoms with Gasteiger partial charge in [-0.2, -0.15) is 13.1 Å². The first kappa shape index (κ1) is 19.7. The molecule has 0 spiro atoms. The molecule has 8 nitrogen and oxygen atoms in total. The number of aryl methyl sites for hydroxylation is 1. The molecule has 1 aliphatic heterocycles. The van der Waals surface area contributed by atoms with Crippen molar-refractivity contribution in [2.45, 2.75) is 30.7 Å². The van der Waals surface area contributed by atoms with Gasteiger partial charge in [0.25, 0.3) is 0 Å². The van der Waals surface area contributed by atoms with Crippen LogP contribution in [-0.2, 0) is 14.8 Å². The van der Waals surface area contributed by atoms with Gasteiger partial charge < -0.3 is 10.1 Å². The summed E-state index contributed by atoms with van der Waals surface area (Å²) >= 11 is 0.964. The maximum atomic E-state index is 13.3. The van der Waals surface area contributed by atoms with E-state index < -0.39 is 16.1 Å². The van der Waals surface area contributed by atoms with Gasteiger partial charge in [-0.05, 0) is 49.6 Å². The quantitative estimate of drug-likeness (QED) is 0.665. The van der Waals surface area contributed by atoms with E-state index in [-0.39, 0.29) is 17.3 Å². The molecule has 4 rings (SSSR count). The second-order valence-corrected chi connectivity index (χ2v) is 9.24. The molecule has 1 atom stereocenters. The number of nitrogens with zero attached hydrogens (tertiary/aromatic N) is 3. The normalized spacial score (nSPS) is 17.5. The number of hydrogen-bond acceptors (Lipinski definition) is 7. The molecule has 0 saturated carbocycles. The van der Waals surface area contributed by atoms with E-state index in [0.717, 1.165) is 17.3 Å². The summed E-state index contributed by atoms with van der Waals surface area (Å²) in [5.41, 5.74) is 2.34. The second-order valence-electron chi connectivity index (χ2n) is 6.85. The average molecular weight is 433 g/mol. The molecule has 3 aromatic rings. The number of anilines is 1. The van der Waals surface area contributed by atoms with E-state index in [4.69, 9.17) is 4.74 Å². The van der Waals surface area contributed by atoms with Crippen LogP contribution >= 0.6 is 11.7 Å². The smallest absolute Gasteiger partial charge is 0.246 e. The van der Waals surface area contributed by atoms with E-state index in [2.05, 4.69) is 14.1 Å². The fourth-order valence-corrected chi connectivity index (χ4v) is 5.95. The number of nitrogens with one attached hydrogen (secondary N) is 1. The van der Waals surface area contributed by atoms with Crippen molar-refractivity contribution in [3.05, 3.63) is 42.0 Å². The van der Waals surface area contributed by atoms with Crippen LogP contribution in [0.2, 0.25) is 0 Å². The number of aromatic nitrogens is 2. The van der Waals surface area contributed by atoms with Gasteiger partial charge in [-0.3, -0.25) is 4.79 Å². The van der Waals surface area contributed by atoms with Gasteiger partial charge in [0, 0.05) is 6.54 Å². The van der Waals surface area contributed by atoms with Crippen molar-refractivity contribution in [1.29, 1.82) is 0 Å². The van der Waals surface area contributed by atoms with Crippen LogP contribution in [0.5, 0.6) is 5.75 Å². The predicted molar refractivity (Wildman–Crippen MR) is 111 cm³/mol. The highest BCUT2D eigenvalue weighted by Crippen LogP contribution is 2.31. The van der Waals surface area contributed by atoms with Gasteiger partial charge in [-0.25, -0.2) is 8.42 Å². The van der Waals surface area contributed by atoms with Gasteiger partial charge in [0.1, 0.15) is 27.7 Å². The lowest BCUT2D eigenvalue weighted by Crippen LogP contribution is -2.43. The Hall–Kier alpha value is -2.56. The number of hydrogen-bond donors (Lipinski definition) is 1. The number of carbonyl (C=O) groups is 1. The zero-order chi connectivity index (χ0) is 20.6. The van der Waals surface area contributed by atoms with Gasteiger partial charge in [-0.1, -0.05) is 12.1 Å². The van der Waals surface area contributed by atoms with E-state index in [1.54, 1.807) is 24.3 Å². The van der Waals surface area contributed by atoms with E-state index in [9.17, 15) is 13.2 Å². The van der Waals surface area contributed by atoms with E-state index >= 15 is 0 Å². The summed E-state index contributed by atoms with van der Waals surface area (Å²) in [6.07, 6.45) is 1.05. The number of methoxy groups -OCH3 is 1. The minimum Gasteiger partial charge on any atom is -0.495 e. The van der Waals surface area contributed by atoms with Crippen molar-refractivity contribution >= 4 is 44.4 Å². The van der Waals surface area contributed by atoms with E-state index in [1.807, 2.05) is 13.0 Å². The zero-order valence-electron chi connectivity index (χ0n) is 16.0. The van der Waals surface area contributed by atoms with E-state index in [0.29, 0.717) is 35.3 Å². The minimum atomic E-state index is -3.90. The molecule has 0 bridgehead atoms. The van der Waals surface area contributed by atoms with Crippen molar-refractivity contribution in [2.75, 3.05) is 19.0 Å². The summed E-state index contributed by atoms with van der Waals surface area (Å²) < 4.78 is 41.5. The molecule has 0 aliphatic carbocycles. The van der Waals surface area contributed by atoms with Crippen molar-refractivity contribution < 1.29 is 17.9 Å². The van der Waals surface area contributed by atoms with Crippen LogP contribution in [0.4, 0.5) is 5.69 Å². The molecule has 1 aliphatic rings. The van der Waals surface area contributed by atoms with Gasteiger partial charge in [0.05, 0.1) is 24.5 Å². The number of ether oxygens (including phenoxy) is 1. The SMILES string of the molecule is COc1ccc(C)cc1NC(=O)[C@H]1CCCN1S(=O)(=O)c1cccc2nsnc12. The Morgan fingerprint density at radius 3 is 2.90 bits per heavy atom. The third-order valence-corrected chi connectivity index (χ3v) is 7.44. The monoisotopic (exact) mass is 432 g/mol. The third-order valence-electron chi connectivity index (χ3n) is 4.95. The molecule has 1 amide bonds. The number of carbonyl (C=O) groups excluding carboxylic acids is 1. The van der Waals surface area contributed by atoms with Gasteiger partial charge >= 0.3 is 0 Å². The average Bonchev–Trinajstić information content (AvgIpc) is 3.37. The number of amides is 1. The summed E-state index contributed by atoms with van der Waals surface area (Å²) in [7, 11) is -2.38. The Labute approximate surface area is 172 Å².